The zero-order valence-corrected chi connectivity index (χ0v) is 46.2. The highest BCUT2D eigenvalue weighted by molar-refractivity contribution is 5.80. The van der Waals surface area contributed by atoms with Gasteiger partial charge >= 0.3 is 0 Å². The van der Waals surface area contributed by atoms with Crippen molar-refractivity contribution in [2.75, 3.05) is 13.2 Å². The first-order valence-electron chi connectivity index (χ1n) is 30.6. The average Bonchev–Trinajstić information content (AvgIpc) is 3.37. The molecule has 0 aromatic carbocycles. The molecule has 11 heteroatoms. The molecule has 9 unspecified atom stereocenters. The predicted molar refractivity (Wildman–Crippen MR) is 293 cm³/mol. The molecule has 1 heterocycles. The van der Waals surface area contributed by atoms with Gasteiger partial charge in [0.15, 0.2) is 6.29 Å². The number of ether oxygens (including phenoxy) is 2. The second-order valence-electron chi connectivity index (χ2n) is 21.8. The third-order valence-corrected chi connectivity index (χ3v) is 15.1. The van der Waals surface area contributed by atoms with Gasteiger partial charge in [-0.1, -0.05) is 270 Å². The fourth-order valence-corrected chi connectivity index (χ4v) is 10.1. The molecule has 8 N–H and O–H groups in total. The van der Waals surface area contributed by atoms with Gasteiger partial charge in [0.25, 0.3) is 0 Å². The molecule has 1 aliphatic heterocycles. The Labute approximate surface area is 436 Å². The monoisotopic (exact) mass is 1010 g/mol. The van der Waals surface area contributed by atoms with Crippen LogP contribution in [-0.4, -0.2) is 110 Å². The lowest BCUT2D eigenvalue weighted by Gasteiger charge is -2.40. The summed E-state index contributed by atoms with van der Waals surface area (Å²) in [4.78, 5) is 13.2. The first-order chi connectivity index (χ1) is 34.7. The number of hydrogen-bond acceptors (Lipinski definition) is 10. The SMILES string of the molecule is CCCCCCCCCCCCCC/C=C\CCCCCCCCC(O)C(=O)NC(COC1OC(CO)C(O)C(O)C1O)C(O)C(O)CCCCCCCCCCCCCCCCCCCCCCCC. The third-order valence-electron chi connectivity index (χ3n) is 15.1. The van der Waals surface area contributed by atoms with E-state index >= 15 is 0 Å². The molecular formula is C60H117NO10. The number of nitrogens with one attached hydrogen (secondary N) is 1. The fraction of sp³-hybridized carbons (Fsp3) is 0.950. The molecule has 1 aliphatic rings. The van der Waals surface area contributed by atoms with Crippen molar-refractivity contribution >= 4 is 5.91 Å². The molecule has 1 saturated heterocycles. The van der Waals surface area contributed by atoms with Crippen molar-refractivity contribution in [2.45, 2.75) is 351 Å². The number of aliphatic hydroxyl groups is 7. The summed E-state index contributed by atoms with van der Waals surface area (Å²) in [6.45, 7) is 3.50. The molecule has 0 saturated carbocycles. The third kappa shape index (κ3) is 38.1. The molecule has 1 fully saturated rings. The van der Waals surface area contributed by atoms with E-state index < -0.39 is 74.2 Å². The number of unbranched alkanes of at least 4 members (excludes halogenated alkanes) is 39. The number of hydrogen-bond donors (Lipinski definition) is 8. The lowest BCUT2D eigenvalue weighted by Crippen LogP contribution is -2.60. The maximum absolute atomic E-state index is 13.2. The number of aliphatic hydroxyl groups excluding tert-OH is 7. The summed E-state index contributed by atoms with van der Waals surface area (Å²) in [5.74, 6) is -0.696. The van der Waals surface area contributed by atoms with Crippen LogP contribution in [0.1, 0.15) is 296 Å². The summed E-state index contributed by atoms with van der Waals surface area (Å²) in [5.41, 5.74) is 0. The summed E-state index contributed by atoms with van der Waals surface area (Å²) >= 11 is 0. The largest absolute Gasteiger partial charge is 0.394 e. The lowest BCUT2D eigenvalue weighted by atomic mass is 9.98. The Balaban J connectivity index is 2.29. The van der Waals surface area contributed by atoms with Crippen LogP contribution >= 0.6 is 0 Å². The van der Waals surface area contributed by atoms with Crippen LogP contribution in [0.3, 0.4) is 0 Å². The van der Waals surface area contributed by atoms with E-state index in [-0.39, 0.29) is 6.42 Å². The van der Waals surface area contributed by atoms with Crippen LogP contribution in [0.15, 0.2) is 12.2 Å². The van der Waals surface area contributed by atoms with Gasteiger partial charge in [-0.3, -0.25) is 4.79 Å². The zero-order valence-electron chi connectivity index (χ0n) is 46.2. The summed E-state index contributed by atoms with van der Waals surface area (Å²) in [6, 6.07) is -1.17. The van der Waals surface area contributed by atoms with Crippen molar-refractivity contribution in [1.82, 2.24) is 5.32 Å². The molecule has 9 atom stereocenters. The second kappa shape index (κ2) is 49.7. The van der Waals surface area contributed by atoms with Gasteiger partial charge in [-0.25, -0.2) is 0 Å². The van der Waals surface area contributed by atoms with E-state index in [1.165, 1.54) is 205 Å². The fourth-order valence-electron chi connectivity index (χ4n) is 10.1. The van der Waals surface area contributed by atoms with Crippen LogP contribution in [-0.2, 0) is 14.3 Å². The van der Waals surface area contributed by atoms with Gasteiger partial charge < -0.3 is 50.5 Å². The number of carbonyl (C=O) groups excluding carboxylic acids is 1. The highest BCUT2D eigenvalue weighted by atomic mass is 16.7. The first kappa shape index (κ1) is 67.9. The molecule has 0 aliphatic carbocycles. The van der Waals surface area contributed by atoms with Gasteiger partial charge in [-0.2, -0.15) is 0 Å². The van der Waals surface area contributed by atoms with E-state index in [0.29, 0.717) is 19.3 Å². The highest BCUT2D eigenvalue weighted by Gasteiger charge is 2.44. The van der Waals surface area contributed by atoms with Crippen molar-refractivity contribution in [3.63, 3.8) is 0 Å². The van der Waals surface area contributed by atoms with Crippen LogP contribution in [0.4, 0.5) is 0 Å². The molecule has 0 aromatic rings. The maximum atomic E-state index is 13.2. The van der Waals surface area contributed by atoms with Gasteiger partial charge in [-0.05, 0) is 38.5 Å². The Morgan fingerprint density at radius 2 is 0.817 bits per heavy atom. The van der Waals surface area contributed by atoms with Crippen molar-refractivity contribution in [3.05, 3.63) is 12.2 Å². The predicted octanol–water partition coefficient (Wildman–Crippen LogP) is 13.1. The average molecular weight is 1010 g/mol. The standard InChI is InChI=1S/C60H117NO10/c1-3-5-7-9-11-13-15-17-19-21-23-25-27-29-31-33-35-37-39-41-43-45-47-52(63)55(65)51(50-70-60-58(68)57(67)56(66)54(49-62)71-60)61-59(69)53(64)48-46-44-42-40-38-36-34-32-30-28-26-24-22-20-18-16-14-12-10-8-6-4-2/h30,32,51-58,60,62-68H,3-29,31,33-50H2,1-2H3,(H,61,69)/b32-30-. The van der Waals surface area contributed by atoms with Gasteiger partial charge in [0.2, 0.25) is 5.91 Å². The minimum atomic E-state index is -1.66. The van der Waals surface area contributed by atoms with Crippen molar-refractivity contribution in [1.29, 1.82) is 0 Å². The molecule has 0 radical (unpaired) electrons. The van der Waals surface area contributed by atoms with Crippen LogP contribution in [0.2, 0.25) is 0 Å². The molecule has 71 heavy (non-hydrogen) atoms. The molecule has 11 nitrogen and oxygen atoms in total. The molecule has 422 valence electrons. The topological polar surface area (TPSA) is 189 Å². The normalized spacial score (nSPS) is 20.2. The summed E-state index contributed by atoms with van der Waals surface area (Å²) in [7, 11) is 0. The van der Waals surface area contributed by atoms with Gasteiger partial charge in [0, 0.05) is 0 Å². The van der Waals surface area contributed by atoms with Crippen molar-refractivity contribution in [2.24, 2.45) is 0 Å². The van der Waals surface area contributed by atoms with E-state index in [2.05, 4.69) is 31.3 Å². The molecular weight excluding hydrogens is 895 g/mol. The lowest BCUT2D eigenvalue weighted by molar-refractivity contribution is -0.303. The van der Waals surface area contributed by atoms with E-state index in [1.807, 2.05) is 0 Å². The first-order valence-corrected chi connectivity index (χ1v) is 30.6. The Bertz CT molecular complexity index is 1160. The second-order valence-corrected chi connectivity index (χ2v) is 21.8. The number of carbonyl (C=O) groups is 1. The van der Waals surface area contributed by atoms with Crippen molar-refractivity contribution in [3.8, 4) is 0 Å². The van der Waals surface area contributed by atoms with E-state index in [1.54, 1.807) is 0 Å². The van der Waals surface area contributed by atoms with Gasteiger partial charge in [0.05, 0.1) is 25.4 Å². The Morgan fingerprint density at radius 1 is 0.479 bits per heavy atom. The molecule has 1 rings (SSSR count). The number of amides is 1. The van der Waals surface area contributed by atoms with E-state index in [4.69, 9.17) is 9.47 Å². The Morgan fingerprint density at radius 3 is 1.18 bits per heavy atom. The highest BCUT2D eigenvalue weighted by Crippen LogP contribution is 2.24. The molecule has 0 aromatic heterocycles. The molecule has 1 amide bonds. The zero-order chi connectivity index (χ0) is 51.8. The number of allylic oxidation sites excluding steroid dienone is 2. The number of rotatable bonds is 53. The maximum Gasteiger partial charge on any atom is 0.249 e. The minimum Gasteiger partial charge on any atom is -0.394 e. The summed E-state index contributed by atoms with van der Waals surface area (Å²) < 4.78 is 11.2. The van der Waals surface area contributed by atoms with Crippen LogP contribution < -0.4 is 5.32 Å². The van der Waals surface area contributed by atoms with Crippen LogP contribution in [0.25, 0.3) is 0 Å². The van der Waals surface area contributed by atoms with E-state index in [9.17, 15) is 40.5 Å². The van der Waals surface area contributed by atoms with E-state index in [0.717, 1.165) is 51.4 Å². The Hall–Kier alpha value is -1.15. The summed E-state index contributed by atoms with van der Waals surface area (Å²) in [5, 5.41) is 76.3. The smallest absolute Gasteiger partial charge is 0.249 e. The van der Waals surface area contributed by atoms with Gasteiger partial charge in [-0.15, -0.1) is 0 Å². The van der Waals surface area contributed by atoms with Crippen LogP contribution in [0.5, 0.6) is 0 Å². The summed E-state index contributed by atoms with van der Waals surface area (Å²) in [6.07, 6.45) is 46.9. The molecule has 0 bridgehead atoms. The quantitative estimate of drug-likeness (QED) is 0.0215. The Kier molecular flexibility index (Phi) is 47.5. The minimum absolute atomic E-state index is 0.256. The van der Waals surface area contributed by atoms with Crippen molar-refractivity contribution < 1.29 is 50.0 Å². The molecule has 0 spiro atoms. The van der Waals surface area contributed by atoms with Crippen LogP contribution in [0, 0.1) is 0 Å². The van der Waals surface area contributed by atoms with Gasteiger partial charge in [0.1, 0.15) is 36.6 Å².